The summed E-state index contributed by atoms with van der Waals surface area (Å²) in [5, 5.41) is 2.82. The summed E-state index contributed by atoms with van der Waals surface area (Å²) in [6.07, 6.45) is 1.85. The van der Waals surface area contributed by atoms with Gasteiger partial charge in [0.15, 0.2) is 4.90 Å². The molecule has 2 aromatic carbocycles. The number of thiazole rings is 1. The maximum Gasteiger partial charge on any atom is 0.307 e. The van der Waals surface area contributed by atoms with Crippen LogP contribution >= 0.6 is 11.3 Å². The number of nitrogens with zero attached hydrogens (tertiary/aromatic N) is 1. The molecular weight excluding hydrogens is 392 g/mol. The molecule has 28 heavy (non-hydrogen) atoms. The van der Waals surface area contributed by atoms with E-state index in [0.29, 0.717) is 11.5 Å². The van der Waals surface area contributed by atoms with Gasteiger partial charge < -0.3 is 9.29 Å². The third-order valence-corrected chi connectivity index (χ3v) is 6.15. The Hall–Kier alpha value is -2.19. The van der Waals surface area contributed by atoms with Gasteiger partial charge in [0.1, 0.15) is 5.01 Å². The minimum Gasteiger partial charge on any atom is -0.593 e. The largest absolute Gasteiger partial charge is 0.593 e. The number of aryl methyl sites for hydroxylation is 1. The van der Waals surface area contributed by atoms with E-state index in [4.69, 9.17) is 4.74 Å². The number of benzene rings is 2. The number of hydrogen-bond donors (Lipinski definition) is 1. The first-order valence-electron chi connectivity index (χ1n) is 8.97. The highest BCUT2D eigenvalue weighted by Gasteiger charge is 2.24. The van der Waals surface area contributed by atoms with E-state index in [9.17, 15) is 9.35 Å². The molecule has 1 unspecified atom stereocenters. The van der Waals surface area contributed by atoms with E-state index >= 15 is 0 Å². The summed E-state index contributed by atoms with van der Waals surface area (Å²) >= 11 is 0.0907. The summed E-state index contributed by atoms with van der Waals surface area (Å²) in [6, 6.07) is 14.8. The fourth-order valence-electron chi connectivity index (χ4n) is 2.73. The molecule has 7 heteroatoms. The van der Waals surface area contributed by atoms with Gasteiger partial charge in [-0.25, -0.2) is 4.98 Å². The van der Waals surface area contributed by atoms with Crippen LogP contribution in [0.4, 0.5) is 0 Å². The molecule has 1 aromatic heterocycles. The van der Waals surface area contributed by atoms with Crippen LogP contribution in [0.15, 0.2) is 65.0 Å². The van der Waals surface area contributed by atoms with E-state index in [2.05, 4.69) is 9.71 Å². The van der Waals surface area contributed by atoms with Crippen LogP contribution in [0.3, 0.4) is 0 Å². The van der Waals surface area contributed by atoms with Gasteiger partial charge in [0, 0.05) is 17.1 Å². The molecule has 146 valence electrons. The van der Waals surface area contributed by atoms with Gasteiger partial charge in [0.25, 0.3) is 0 Å². The summed E-state index contributed by atoms with van der Waals surface area (Å²) in [7, 11) is 0. The third-order valence-electron chi connectivity index (χ3n) is 4.13. The average molecular weight is 415 g/mol. The molecular formula is C21H22N2O3S2. The lowest BCUT2D eigenvalue weighted by Gasteiger charge is -2.20. The molecule has 0 saturated heterocycles. The molecule has 5 nitrogen and oxygen atoms in total. The van der Waals surface area contributed by atoms with Crippen LogP contribution in [-0.2, 0) is 20.9 Å². The number of aromatic nitrogens is 1. The maximum absolute atomic E-state index is 12.8. The van der Waals surface area contributed by atoms with Gasteiger partial charge >= 0.3 is 5.97 Å². The van der Waals surface area contributed by atoms with E-state index in [0.717, 1.165) is 21.7 Å². The van der Waals surface area contributed by atoms with Crippen molar-refractivity contribution in [1.29, 1.82) is 0 Å². The lowest BCUT2D eigenvalue weighted by molar-refractivity contribution is -0.143. The quantitative estimate of drug-likeness (QED) is 0.436. The number of esters is 1. The van der Waals surface area contributed by atoms with Gasteiger partial charge in [-0.2, -0.15) is 0 Å². The third kappa shape index (κ3) is 5.42. The first-order valence-corrected chi connectivity index (χ1v) is 11.0. The molecule has 0 aliphatic carbocycles. The number of ether oxygens (including phenoxy) is 1. The zero-order valence-electron chi connectivity index (χ0n) is 15.8. The zero-order valence-corrected chi connectivity index (χ0v) is 17.4. The first-order chi connectivity index (χ1) is 13.6. The van der Waals surface area contributed by atoms with Crippen molar-refractivity contribution >= 4 is 28.7 Å². The molecule has 0 fully saturated rings. The fraction of sp³-hybridized carbons (Fsp3) is 0.238. The monoisotopic (exact) mass is 414 g/mol. The summed E-state index contributed by atoms with van der Waals surface area (Å²) < 4.78 is 21.0. The Labute approximate surface area is 172 Å². The number of carbonyl (C=O) groups excluding carboxylic acids is 1. The highest BCUT2D eigenvalue weighted by atomic mass is 32.2. The number of carbonyl (C=O) groups is 1. The second kappa shape index (κ2) is 9.84. The molecule has 0 spiro atoms. The van der Waals surface area contributed by atoms with E-state index in [1.54, 1.807) is 24.5 Å². The Balaban J connectivity index is 1.85. The van der Waals surface area contributed by atoms with Gasteiger partial charge in [-0.3, -0.25) is 4.79 Å². The summed E-state index contributed by atoms with van der Waals surface area (Å²) in [5.74, 6) is -0.333. The Bertz CT molecular complexity index is 898. The van der Waals surface area contributed by atoms with E-state index in [1.807, 2.05) is 60.8 Å². The van der Waals surface area contributed by atoms with Crippen LogP contribution in [0.1, 0.15) is 30.5 Å². The molecule has 0 bridgehead atoms. The standard InChI is InChI=1S/C21H22N2O3S2/c1-3-26-20(24)14-19(23-28(25)18-9-7-15(2)8-10-18)16-5-4-6-17(13-16)21-22-11-12-27-21/h4-13,19,23H,3,14H2,1-2H3/t19?,28-/m1/s1. The molecule has 3 rings (SSSR count). The minimum atomic E-state index is -1.46. The predicted molar refractivity (Wildman–Crippen MR) is 112 cm³/mol. The zero-order chi connectivity index (χ0) is 19.9. The van der Waals surface area contributed by atoms with Gasteiger partial charge in [-0.15, -0.1) is 16.1 Å². The molecule has 2 atom stereocenters. The van der Waals surface area contributed by atoms with Crippen LogP contribution in [0.2, 0.25) is 0 Å². The molecule has 0 amide bonds. The number of rotatable bonds is 8. The lowest BCUT2D eigenvalue weighted by Crippen LogP contribution is -2.30. The topological polar surface area (TPSA) is 74.3 Å². The van der Waals surface area contributed by atoms with Crippen molar-refractivity contribution in [3.8, 4) is 10.6 Å². The van der Waals surface area contributed by atoms with Crippen molar-refractivity contribution in [2.75, 3.05) is 6.61 Å². The number of hydrogen-bond acceptors (Lipinski definition) is 6. The molecule has 0 aliphatic heterocycles. The van der Waals surface area contributed by atoms with E-state index in [1.165, 1.54) is 0 Å². The van der Waals surface area contributed by atoms with E-state index < -0.39 is 17.4 Å². The van der Waals surface area contributed by atoms with Gasteiger partial charge in [-0.05, 0) is 37.6 Å². The second-order valence-corrected chi connectivity index (χ2v) is 8.36. The minimum absolute atomic E-state index is 0.0900. The molecule has 1 heterocycles. The first kappa shape index (κ1) is 20.5. The van der Waals surface area contributed by atoms with Gasteiger partial charge in [-0.1, -0.05) is 35.9 Å². The van der Waals surface area contributed by atoms with Crippen LogP contribution in [0, 0.1) is 6.92 Å². The van der Waals surface area contributed by atoms with Crippen molar-refractivity contribution in [3.63, 3.8) is 0 Å². The molecule has 3 aromatic rings. The Morgan fingerprint density at radius 2 is 2.07 bits per heavy atom. The van der Waals surface area contributed by atoms with E-state index in [-0.39, 0.29) is 12.4 Å². The van der Waals surface area contributed by atoms with Crippen LogP contribution in [0.25, 0.3) is 10.6 Å². The Morgan fingerprint density at radius 1 is 1.29 bits per heavy atom. The second-order valence-electron chi connectivity index (χ2n) is 6.22. The number of nitrogens with one attached hydrogen (secondary N) is 1. The lowest BCUT2D eigenvalue weighted by atomic mass is 10.0. The normalized spacial score (nSPS) is 13.1. The highest BCUT2D eigenvalue weighted by Crippen LogP contribution is 2.27. The molecule has 1 N–H and O–H groups in total. The van der Waals surface area contributed by atoms with Crippen LogP contribution in [0.5, 0.6) is 0 Å². The van der Waals surface area contributed by atoms with Crippen LogP contribution < -0.4 is 4.72 Å². The van der Waals surface area contributed by atoms with Crippen molar-refractivity contribution in [1.82, 2.24) is 9.71 Å². The van der Waals surface area contributed by atoms with Crippen molar-refractivity contribution < 1.29 is 14.1 Å². The Morgan fingerprint density at radius 3 is 2.75 bits per heavy atom. The fourth-order valence-corrected chi connectivity index (χ4v) is 4.36. The van der Waals surface area contributed by atoms with Crippen molar-refractivity contribution in [2.45, 2.75) is 31.2 Å². The highest BCUT2D eigenvalue weighted by molar-refractivity contribution is 7.89. The molecule has 0 aliphatic rings. The molecule has 0 saturated carbocycles. The van der Waals surface area contributed by atoms with Crippen LogP contribution in [-0.4, -0.2) is 22.1 Å². The molecule has 0 radical (unpaired) electrons. The summed E-state index contributed by atoms with van der Waals surface area (Å²) in [5.41, 5.74) is 2.92. The predicted octanol–water partition coefficient (Wildman–Crippen LogP) is 4.43. The smallest absolute Gasteiger partial charge is 0.307 e. The average Bonchev–Trinajstić information content (AvgIpc) is 3.23. The summed E-state index contributed by atoms with van der Waals surface area (Å²) in [4.78, 5) is 17.1. The SMILES string of the molecule is CCOC(=O)CC(N[S@+]([O-])c1ccc(C)cc1)c1cccc(-c2nccs2)c1. The maximum atomic E-state index is 12.8. The van der Waals surface area contributed by atoms with Crippen molar-refractivity contribution in [3.05, 3.63) is 71.2 Å². The summed E-state index contributed by atoms with van der Waals surface area (Å²) in [6.45, 7) is 4.06. The Kier molecular flexibility index (Phi) is 7.22. The van der Waals surface area contributed by atoms with Gasteiger partial charge in [0.2, 0.25) is 0 Å². The van der Waals surface area contributed by atoms with Crippen molar-refractivity contribution in [2.24, 2.45) is 0 Å². The van der Waals surface area contributed by atoms with Gasteiger partial charge in [0.05, 0.1) is 30.4 Å².